The van der Waals surface area contributed by atoms with E-state index in [0.29, 0.717) is 29.3 Å². The van der Waals surface area contributed by atoms with E-state index < -0.39 is 0 Å². The highest BCUT2D eigenvalue weighted by Gasteiger charge is 2.37. The van der Waals surface area contributed by atoms with Crippen molar-refractivity contribution >= 4 is 40.4 Å². The fourth-order valence-electron chi connectivity index (χ4n) is 5.39. The standard InChI is InChI=1S/C25H35N7O3S2/c1-30(2)25(35)14-5-6-15(26-21(33)23-28-16-7-9-31(3)12-19(16)36-23)18(11-14)27-22(34)24-29-17-8-10-32(4)13-20(17)37-24/h14-15,18H,5-13H2,1-4H3,(H,26,33)(H,27,34). The Kier molecular flexibility index (Phi) is 7.62. The molecule has 200 valence electrons. The maximum atomic E-state index is 13.3. The van der Waals surface area contributed by atoms with E-state index in [0.717, 1.165) is 60.2 Å². The van der Waals surface area contributed by atoms with Crippen molar-refractivity contribution in [3.63, 3.8) is 0 Å². The van der Waals surface area contributed by atoms with Gasteiger partial charge in [0.1, 0.15) is 0 Å². The summed E-state index contributed by atoms with van der Waals surface area (Å²) in [5.74, 6) is -0.601. The quantitative estimate of drug-likeness (QED) is 0.584. The van der Waals surface area contributed by atoms with Crippen LogP contribution in [0, 0.1) is 5.92 Å². The minimum atomic E-state index is -0.372. The van der Waals surface area contributed by atoms with Crippen molar-refractivity contribution in [2.75, 3.05) is 41.3 Å². The van der Waals surface area contributed by atoms with Gasteiger partial charge in [-0.2, -0.15) is 0 Å². The number of carbonyl (C=O) groups excluding carboxylic acids is 3. The minimum absolute atomic E-state index is 0.0495. The van der Waals surface area contributed by atoms with Crippen LogP contribution in [0.15, 0.2) is 0 Å². The first-order valence-electron chi connectivity index (χ1n) is 12.8. The second kappa shape index (κ2) is 10.8. The Balaban J connectivity index is 1.31. The number of carbonyl (C=O) groups is 3. The van der Waals surface area contributed by atoms with Crippen LogP contribution in [0.5, 0.6) is 0 Å². The van der Waals surface area contributed by atoms with E-state index in [1.54, 1.807) is 19.0 Å². The van der Waals surface area contributed by atoms with E-state index in [9.17, 15) is 14.4 Å². The normalized spacial score (nSPS) is 24.2. The molecule has 10 nitrogen and oxygen atoms in total. The van der Waals surface area contributed by atoms with Crippen LogP contribution in [-0.4, -0.2) is 95.8 Å². The smallest absolute Gasteiger partial charge is 0.280 e. The van der Waals surface area contributed by atoms with E-state index in [2.05, 4.69) is 44.5 Å². The number of nitrogens with one attached hydrogen (secondary N) is 2. The summed E-state index contributed by atoms with van der Waals surface area (Å²) in [6, 6.07) is -0.657. The van der Waals surface area contributed by atoms with Gasteiger partial charge < -0.3 is 25.3 Å². The van der Waals surface area contributed by atoms with Crippen LogP contribution in [0.25, 0.3) is 0 Å². The lowest BCUT2D eigenvalue weighted by atomic mass is 9.81. The Morgan fingerprint density at radius 2 is 1.35 bits per heavy atom. The Bertz CT molecular complexity index is 1190. The lowest BCUT2D eigenvalue weighted by Gasteiger charge is -2.37. The third-order valence-corrected chi connectivity index (χ3v) is 9.67. The summed E-state index contributed by atoms with van der Waals surface area (Å²) in [7, 11) is 7.64. The molecule has 37 heavy (non-hydrogen) atoms. The highest BCUT2D eigenvalue weighted by atomic mass is 32.1. The zero-order valence-electron chi connectivity index (χ0n) is 21.9. The van der Waals surface area contributed by atoms with Crippen molar-refractivity contribution in [1.82, 2.24) is 35.3 Å². The number of nitrogens with zero attached hydrogens (tertiary/aromatic N) is 5. The van der Waals surface area contributed by atoms with Gasteiger partial charge in [-0.25, -0.2) is 9.97 Å². The number of hydrogen-bond acceptors (Lipinski definition) is 9. The van der Waals surface area contributed by atoms with Gasteiger partial charge in [0, 0.05) is 74.8 Å². The first kappa shape index (κ1) is 26.2. The molecule has 0 radical (unpaired) electrons. The molecule has 5 rings (SSSR count). The minimum Gasteiger partial charge on any atom is -0.349 e. The number of aromatic nitrogens is 2. The van der Waals surface area contributed by atoms with Crippen LogP contribution in [-0.2, 0) is 30.7 Å². The molecule has 0 spiro atoms. The van der Waals surface area contributed by atoms with Crippen LogP contribution in [0.1, 0.15) is 60.0 Å². The average molecular weight is 546 g/mol. The predicted octanol–water partition coefficient (Wildman–Crippen LogP) is 1.36. The van der Waals surface area contributed by atoms with Crippen LogP contribution in [0.4, 0.5) is 0 Å². The second-order valence-electron chi connectivity index (χ2n) is 10.7. The predicted molar refractivity (Wildman–Crippen MR) is 143 cm³/mol. The number of hydrogen-bond donors (Lipinski definition) is 2. The largest absolute Gasteiger partial charge is 0.349 e. The molecule has 0 aromatic carbocycles. The molecule has 3 atom stereocenters. The van der Waals surface area contributed by atoms with Crippen LogP contribution >= 0.6 is 22.7 Å². The number of thiazole rings is 2. The first-order chi connectivity index (χ1) is 17.7. The Morgan fingerprint density at radius 3 is 1.86 bits per heavy atom. The van der Waals surface area contributed by atoms with Crippen molar-refractivity contribution < 1.29 is 14.4 Å². The molecule has 0 bridgehead atoms. The van der Waals surface area contributed by atoms with Gasteiger partial charge in [-0.1, -0.05) is 0 Å². The monoisotopic (exact) mass is 545 g/mol. The van der Waals surface area contributed by atoms with Gasteiger partial charge in [-0.15, -0.1) is 22.7 Å². The third-order valence-electron chi connectivity index (χ3n) is 7.51. The van der Waals surface area contributed by atoms with Gasteiger partial charge in [0.2, 0.25) is 5.91 Å². The van der Waals surface area contributed by atoms with Crippen molar-refractivity contribution in [3.05, 3.63) is 31.2 Å². The summed E-state index contributed by atoms with van der Waals surface area (Å²) in [6.07, 6.45) is 3.42. The van der Waals surface area contributed by atoms with E-state index >= 15 is 0 Å². The summed E-state index contributed by atoms with van der Waals surface area (Å²) in [5, 5.41) is 7.18. The van der Waals surface area contributed by atoms with Gasteiger partial charge in [0.05, 0.1) is 17.4 Å². The highest BCUT2D eigenvalue weighted by Crippen LogP contribution is 2.29. The van der Waals surface area contributed by atoms with Crippen LogP contribution in [0.3, 0.4) is 0 Å². The Morgan fingerprint density at radius 1 is 0.838 bits per heavy atom. The molecule has 0 saturated heterocycles. The van der Waals surface area contributed by atoms with E-state index in [-0.39, 0.29) is 35.7 Å². The summed E-state index contributed by atoms with van der Waals surface area (Å²) in [5.41, 5.74) is 2.01. The number of fused-ring (bicyclic) bond motifs is 2. The molecule has 3 amide bonds. The zero-order chi connectivity index (χ0) is 26.3. The molecule has 2 aliphatic heterocycles. The lowest BCUT2D eigenvalue weighted by Crippen LogP contribution is -2.55. The third kappa shape index (κ3) is 5.71. The van der Waals surface area contributed by atoms with Gasteiger partial charge in [0.15, 0.2) is 10.0 Å². The Labute approximate surface area is 225 Å². The second-order valence-corrected chi connectivity index (χ2v) is 12.8. The van der Waals surface area contributed by atoms with E-state index in [1.807, 2.05) is 0 Å². The fourth-order valence-corrected chi connectivity index (χ4v) is 7.58. The maximum Gasteiger partial charge on any atom is 0.280 e. The van der Waals surface area contributed by atoms with E-state index in [4.69, 9.17) is 0 Å². The molecule has 2 aromatic heterocycles. The van der Waals surface area contributed by atoms with Crippen LogP contribution in [0.2, 0.25) is 0 Å². The van der Waals surface area contributed by atoms with Gasteiger partial charge in [0.25, 0.3) is 11.8 Å². The van der Waals surface area contributed by atoms with Gasteiger partial charge >= 0.3 is 0 Å². The van der Waals surface area contributed by atoms with Gasteiger partial charge in [-0.3, -0.25) is 14.4 Å². The van der Waals surface area contributed by atoms with E-state index in [1.165, 1.54) is 22.7 Å². The number of amides is 3. The van der Waals surface area contributed by atoms with Gasteiger partial charge in [-0.05, 0) is 33.4 Å². The lowest BCUT2D eigenvalue weighted by molar-refractivity contribution is -0.134. The first-order valence-corrected chi connectivity index (χ1v) is 14.5. The Hall–Kier alpha value is -2.41. The van der Waals surface area contributed by atoms with Crippen molar-refractivity contribution in [1.29, 1.82) is 0 Å². The molecule has 2 aromatic rings. The number of rotatable bonds is 5. The molecular weight excluding hydrogens is 510 g/mol. The summed E-state index contributed by atoms with van der Waals surface area (Å²) >= 11 is 2.88. The molecular formula is C25H35N7O3S2. The summed E-state index contributed by atoms with van der Waals surface area (Å²) in [6.45, 7) is 3.48. The molecule has 1 aliphatic carbocycles. The molecule has 12 heteroatoms. The van der Waals surface area contributed by atoms with Crippen molar-refractivity contribution in [3.8, 4) is 0 Å². The molecule has 3 aliphatic rings. The SMILES string of the molecule is CN1CCc2nc(C(=O)NC3CCC(C(=O)N(C)C)CC3NC(=O)c3nc4c(s3)CN(C)CC4)sc2C1. The fraction of sp³-hybridized carbons (Fsp3) is 0.640. The molecule has 1 fully saturated rings. The zero-order valence-corrected chi connectivity index (χ0v) is 23.5. The topological polar surface area (TPSA) is 111 Å². The van der Waals surface area contributed by atoms with Crippen molar-refractivity contribution in [2.45, 2.75) is 57.3 Å². The molecule has 1 saturated carbocycles. The summed E-state index contributed by atoms with van der Waals surface area (Å²) in [4.78, 5) is 56.8. The number of likely N-dealkylation sites (N-methyl/N-ethyl adjacent to an activating group) is 2. The molecule has 3 unspecified atom stereocenters. The highest BCUT2D eigenvalue weighted by molar-refractivity contribution is 7.14. The van der Waals surface area contributed by atoms with Crippen LogP contribution < -0.4 is 10.6 Å². The average Bonchev–Trinajstić information content (AvgIpc) is 3.48. The summed E-state index contributed by atoms with van der Waals surface area (Å²) < 4.78 is 0. The van der Waals surface area contributed by atoms with Crippen molar-refractivity contribution in [2.24, 2.45) is 5.92 Å². The molecule has 4 heterocycles. The maximum absolute atomic E-state index is 13.3. The molecule has 2 N–H and O–H groups in total.